The monoisotopic (exact) mass is 575 g/mol. The summed E-state index contributed by atoms with van der Waals surface area (Å²) in [6.07, 6.45) is -1.27. The molecule has 41 heavy (non-hydrogen) atoms. The predicted octanol–water partition coefficient (Wildman–Crippen LogP) is 6.41. The lowest BCUT2D eigenvalue weighted by Crippen LogP contribution is -2.60. The van der Waals surface area contributed by atoms with Crippen LogP contribution < -0.4 is 14.8 Å². The first-order chi connectivity index (χ1) is 19.5. The van der Waals surface area contributed by atoms with E-state index in [0.717, 1.165) is 49.2 Å². The fourth-order valence-corrected chi connectivity index (χ4v) is 6.02. The molecule has 2 atom stereocenters. The van der Waals surface area contributed by atoms with E-state index >= 15 is 0 Å². The minimum absolute atomic E-state index is 0.0236. The van der Waals surface area contributed by atoms with Gasteiger partial charge in [-0.1, -0.05) is 58.0 Å². The summed E-state index contributed by atoms with van der Waals surface area (Å²) in [7, 11) is 0. The van der Waals surface area contributed by atoms with Gasteiger partial charge >= 0.3 is 6.36 Å². The molecule has 1 amide bonds. The summed E-state index contributed by atoms with van der Waals surface area (Å²) in [5, 5.41) is 3.38. The van der Waals surface area contributed by atoms with Crippen LogP contribution in [0.3, 0.4) is 0 Å². The number of alkyl halides is 3. The number of amides is 1. The minimum Gasteiger partial charge on any atom is -0.493 e. The molecule has 0 radical (unpaired) electrons. The number of carbonyl (C=O) groups excluding carboxylic acids is 1. The maximum Gasteiger partial charge on any atom is 0.573 e. The highest BCUT2D eigenvalue weighted by atomic mass is 19.4. The topological polar surface area (TPSA) is 54.0 Å². The first-order valence-electron chi connectivity index (χ1n) is 14.8. The van der Waals surface area contributed by atoms with Crippen LogP contribution in [-0.4, -0.2) is 67.4 Å². The van der Waals surface area contributed by atoms with Crippen molar-refractivity contribution in [1.29, 1.82) is 0 Å². The van der Waals surface area contributed by atoms with Crippen molar-refractivity contribution in [3.63, 3.8) is 0 Å². The Bertz CT molecular complexity index is 1130. The molecule has 2 fully saturated rings. The molecule has 2 aliphatic rings. The van der Waals surface area contributed by atoms with Gasteiger partial charge in [0, 0.05) is 37.7 Å². The first-order valence-corrected chi connectivity index (χ1v) is 14.8. The Hall–Kier alpha value is -2.78. The summed E-state index contributed by atoms with van der Waals surface area (Å²) in [5.41, 5.74) is 1.62. The number of benzene rings is 2. The van der Waals surface area contributed by atoms with E-state index < -0.39 is 6.36 Å². The molecule has 1 unspecified atom stereocenters. The van der Waals surface area contributed by atoms with E-state index in [1.807, 2.05) is 31.2 Å². The lowest BCUT2D eigenvalue weighted by molar-refractivity contribution is -0.274. The molecular formula is C32H44F3N3O3. The van der Waals surface area contributed by atoms with E-state index in [1.54, 1.807) is 12.1 Å². The Morgan fingerprint density at radius 3 is 2.34 bits per heavy atom. The quantitative estimate of drug-likeness (QED) is 0.375. The molecule has 2 saturated heterocycles. The van der Waals surface area contributed by atoms with Gasteiger partial charge in [-0.2, -0.15) is 0 Å². The SMILES string of the molecule is CCCOc1ccccc1C(c1ccc(OC(F)(F)F)cc1)N1CCN(C(=O)CC2CCNCC2)[C@@H](C(C)(C)C)C1. The summed E-state index contributed by atoms with van der Waals surface area (Å²) >= 11 is 0. The second-order valence-electron chi connectivity index (χ2n) is 12.3. The summed E-state index contributed by atoms with van der Waals surface area (Å²) in [5.74, 6) is 1.13. The number of carbonyl (C=O) groups is 1. The van der Waals surface area contributed by atoms with Crippen molar-refractivity contribution in [3.05, 3.63) is 59.7 Å². The fourth-order valence-electron chi connectivity index (χ4n) is 6.02. The van der Waals surface area contributed by atoms with E-state index in [-0.39, 0.29) is 29.2 Å². The van der Waals surface area contributed by atoms with Crippen LogP contribution in [0, 0.1) is 11.3 Å². The largest absolute Gasteiger partial charge is 0.573 e. The van der Waals surface area contributed by atoms with Crippen LogP contribution in [0.1, 0.15) is 70.5 Å². The van der Waals surface area contributed by atoms with Crippen LogP contribution in [0.2, 0.25) is 0 Å². The van der Waals surface area contributed by atoms with Crippen molar-refractivity contribution in [3.8, 4) is 11.5 Å². The average Bonchev–Trinajstić information content (AvgIpc) is 2.93. The standard InChI is InChI=1S/C32H44F3N3O3/c1-5-20-40-27-9-7-6-8-26(27)30(24-10-12-25(13-11-24)41-32(33,34)35)37-18-19-38(28(22-37)31(2,3)4)29(39)21-23-14-16-36-17-15-23/h6-13,23,28,30,36H,5,14-22H2,1-4H3/t28-,30?/m1/s1. The summed E-state index contributed by atoms with van der Waals surface area (Å²) in [6, 6.07) is 13.7. The van der Waals surface area contributed by atoms with Crippen LogP contribution in [0.4, 0.5) is 13.2 Å². The molecule has 0 bridgehead atoms. The highest BCUT2D eigenvalue weighted by molar-refractivity contribution is 5.77. The Kier molecular flexibility index (Phi) is 10.2. The van der Waals surface area contributed by atoms with Gasteiger partial charge in [-0.25, -0.2) is 0 Å². The molecule has 1 N–H and O–H groups in total. The number of piperazine rings is 1. The Morgan fingerprint density at radius 1 is 1.02 bits per heavy atom. The molecule has 0 aromatic heterocycles. The van der Waals surface area contributed by atoms with Gasteiger partial charge in [0.1, 0.15) is 11.5 Å². The third kappa shape index (κ3) is 8.38. The summed E-state index contributed by atoms with van der Waals surface area (Å²) < 4.78 is 48.8. The number of para-hydroxylation sites is 1. The fraction of sp³-hybridized carbons (Fsp3) is 0.594. The van der Waals surface area contributed by atoms with Crippen LogP contribution in [0.15, 0.2) is 48.5 Å². The third-order valence-corrected chi connectivity index (χ3v) is 8.12. The number of halogens is 3. The number of ether oxygens (including phenoxy) is 2. The molecule has 0 aliphatic carbocycles. The number of nitrogens with one attached hydrogen (secondary N) is 1. The van der Waals surface area contributed by atoms with Crippen LogP contribution >= 0.6 is 0 Å². The van der Waals surface area contributed by atoms with Crippen molar-refractivity contribution in [2.45, 2.75) is 71.8 Å². The molecule has 9 heteroatoms. The van der Waals surface area contributed by atoms with Gasteiger partial charge in [-0.3, -0.25) is 9.69 Å². The minimum atomic E-state index is -4.75. The molecule has 0 spiro atoms. The van der Waals surface area contributed by atoms with Crippen molar-refractivity contribution in [2.75, 3.05) is 39.3 Å². The van der Waals surface area contributed by atoms with Gasteiger partial charge in [0.25, 0.3) is 0 Å². The number of nitrogens with zero attached hydrogens (tertiary/aromatic N) is 2. The Balaban J connectivity index is 1.65. The van der Waals surface area contributed by atoms with Gasteiger partial charge in [-0.05, 0) is 67.4 Å². The Labute approximate surface area is 242 Å². The van der Waals surface area contributed by atoms with Crippen molar-refractivity contribution in [2.24, 2.45) is 11.3 Å². The highest BCUT2D eigenvalue weighted by Crippen LogP contribution is 2.39. The molecule has 0 saturated carbocycles. The van der Waals surface area contributed by atoms with E-state index in [2.05, 4.69) is 40.6 Å². The van der Waals surface area contributed by atoms with Crippen molar-refractivity contribution < 1.29 is 27.4 Å². The van der Waals surface area contributed by atoms with Crippen molar-refractivity contribution in [1.82, 2.24) is 15.1 Å². The molecule has 2 aromatic rings. The second-order valence-corrected chi connectivity index (χ2v) is 12.3. The normalized spacial score (nSPS) is 20.1. The van der Waals surface area contributed by atoms with Gasteiger partial charge in [0.2, 0.25) is 5.91 Å². The zero-order chi connectivity index (χ0) is 29.6. The number of hydrogen-bond donors (Lipinski definition) is 1. The Morgan fingerprint density at radius 2 is 1.71 bits per heavy atom. The van der Waals surface area contributed by atoms with Crippen LogP contribution in [0.25, 0.3) is 0 Å². The number of rotatable bonds is 9. The molecule has 4 rings (SSSR count). The van der Waals surface area contributed by atoms with Gasteiger partial charge in [0.15, 0.2) is 0 Å². The van der Waals surface area contributed by atoms with Crippen LogP contribution in [0.5, 0.6) is 11.5 Å². The zero-order valence-electron chi connectivity index (χ0n) is 24.7. The van der Waals surface area contributed by atoms with Gasteiger partial charge in [0.05, 0.1) is 12.6 Å². The summed E-state index contributed by atoms with van der Waals surface area (Å²) in [4.78, 5) is 18.0. The number of hydrogen-bond acceptors (Lipinski definition) is 5. The second kappa shape index (κ2) is 13.5. The highest BCUT2D eigenvalue weighted by Gasteiger charge is 2.41. The van der Waals surface area contributed by atoms with Gasteiger partial charge in [-0.15, -0.1) is 13.2 Å². The number of piperidine rings is 1. The van der Waals surface area contributed by atoms with E-state index in [9.17, 15) is 18.0 Å². The summed E-state index contributed by atoms with van der Waals surface area (Å²) in [6.45, 7) is 12.9. The first kappa shape index (κ1) is 31.2. The smallest absolute Gasteiger partial charge is 0.493 e. The lowest BCUT2D eigenvalue weighted by atomic mass is 9.82. The van der Waals surface area contributed by atoms with Gasteiger partial charge < -0.3 is 19.7 Å². The molecule has 6 nitrogen and oxygen atoms in total. The molecule has 2 aliphatic heterocycles. The molecule has 226 valence electrons. The molecular weight excluding hydrogens is 531 g/mol. The van der Waals surface area contributed by atoms with Crippen LogP contribution in [-0.2, 0) is 4.79 Å². The van der Waals surface area contributed by atoms with E-state index in [1.165, 1.54) is 12.1 Å². The maximum absolute atomic E-state index is 13.6. The lowest BCUT2D eigenvalue weighted by Gasteiger charge is -2.50. The third-order valence-electron chi connectivity index (χ3n) is 8.12. The predicted molar refractivity (Wildman–Crippen MR) is 154 cm³/mol. The maximum atomic E-state index is 13.6. The van der Waals surface area contributed by atoms with E-state index in [0.29, 0.717) is 38.6 Å². The molecule has 2 aromatic carbocycles. The zero-order valence-corrected chi connectivity index (χ0v) is 24.7. The van der Waals surface area contributed by atoms with Crippen molar-refractivity contribution >= 4 is 5.91 Å². The average molecular weight is 576 g/mol. The molecule has 2 heterocycles. The van der Waals surface area contributed by atoms with E-state index in [4.69, 9.17) is 4.74 Å².